The molecule has 0 aromatic carbocycles. The quantitative estimate of drug-likeness (QED) is 0.761. The fraction of sp³-hybridized carbons (Fsp3) is 0.625. The third kappa shape index (κ3) is 1.91. The molecule has 14 heavy (non-hydrogen) atoms. The van der Waals surface area contributed by atoms with Gasteiger partial charge in [0.05, 0.1) is 6.04 Å². The van der Waals surface area contributed by atoms with Crippen molar-refractivity contribution < 1.29 is 4.79 Å². The van der Waals surface area contributed by atoms with Crippen LogP contribution in [0, 0.1) is 0 Å². The van der Waals surface area contributed by atoms with Gasteiger partial charge in [-0.15, -0.1) is 10.2 Å². The van der Waals surface area contributed by atoms with Gasteiger partial charge in [0, 0.05) is 0 Å². The van der Waals surface area contributed by atoms with E-state index in [1.165, 1.54) is 11.3 Å². The van der Waals surface area contributed by atoms with Crippen molar-refractivity contribution in [1.82, 2.24) is 15.5 Å². The van der Waals surface area contributed by atoms with Gasteiger partial charge in [-0.3, -0.25) is 10.1 Å². The van der Waals surface area contributed by atoms with Crippen LogP contribution >= 0.6 is 11.3 Å². The molecule has 2 heterocycles. The number of aromatic nitrogens is 2. The highest BCUT2D eigenvalue weighted by molar-refractivity contribution is 7.15. The maximum atomic E-state index is 11.5. The Bertz CT molecular complexity index is 334. The molecule has 0 spiro atoms. The maximum absolute atomic E-state index is 11.5. The molecule has 1 aliphatic rings. The average Bonchev–Trinajstić information content (AvgIpc) is 2.48. The van der Waals surface area contributed by atoms with Gasteiger partial charge in [0.1, 0.15) is 5.01 Å². The Morgan fingerprint density at radius 2 is 2.50 bits per heavy atom. The van der Waals surface area contributed by atoms with Crippen molar-refractivity contribution >= 4 is 22.4 Å². The fourth-order valence-corrected chi connectivity index (χ4v) is 1.83. The van der Waals surface area contributed by atoms with E-state index < -0.39 is 0 Å². The van der Waals surface area contributed by atoms with Crippen LogP contribution in [0.1, 0.15) is 18.4 Å². The summed E-state index contributed by atoms with van der Waals surface area (Å²) in [5.74, 6) is -0.00458. The summed E-state index contributed by atoms with van der Waals surface area (Å²) in [6.45, 7) is 2.94. The second kappa shape index (κ2) is 4.02. The average molecular weight is 212 g/mol. The lowest BCUT2D eigenvalue weighted by Gasteiger charge is -2.25. The highest BCUT2D eigenvalue weighted by Crippen LogP contribution is 2.16. The minimum atomic E-state index is -0.0380. The fourth-order valence-electron chi connectivity index (χ4n) is 1.15. The molecule has 0 unspecified atom stereocenters. The zero-order valence-electron chi connectivity index (χ0n) is 7.91. The molecule has 2 rings (SSSR count). The van der Waals surface area contributed by atoms with Crippen molar-refractivity contribution in [3.63, 3.8) is 0 Å². The normalized spacial score (nSPS) is 20.2. The Kier molecular flexibility index (Phi) is 2.74. The SMILES string of the molecule is CCc1nnc(NC(=O)[C@H]2CCN2)s1. The highest BCUT2D eigenvalue weighted by atomic mass is 32.1. The van der Waals surface area contributed by atoms with Gasteiger partial charge in [0.15, 0.2) is 0 Å². The summed E-state index contributed by atoms with van der Waals surface area (Å²) in [6, 6.07) is -0.0380. The topological polar surface area (TPSA) is 66.9 Å². The predicted molar refractivity (Wildman–Crippen MR) is 54.3 cm³/mol. The standard InChI is InChI=1S/C8H12N4OS/c1-2-6-11-12-8(14-6)10-7(13)5-3-4-9-5/h5,9H,2-4H2,1H3,(H,10,12,13)/t5-/m1/s1. The van der Waals surface area contributed by atoms with Crippen molar-refractivity contribution in [2.75, 3.05) is 11.9 Å². The molecule has 1 amide bonds. The zero-order chi connectivity index (χ0) is 9.97. The van der Waals surface area contributed by atoms with Gasteiger partial charge in [-0.05, 0) is 19.4 Å². The third-order valence-corrected chi connectivity index (χ3v) is 3.12. The van der Waals surface area contributed by atoms with Gasteiger partial charge >= 0.3 is 0 Å². The first-order valence-corrected chi connectivity index (χ1v) is 5.48. The maximum Gasteiger partial charge on any atom is 0.243 e. The summed E-state index contributed by atoms with van der Waals surface area (Å²) < 4.78 is 0. The molecule has 5 nitrogen and oxygen atoms in total. The van der Waals surface area contributed by atoms with Crippen LogP contribution in [0.2, 0.25) is 0 Å². The monoisotopic (exact) mass is 212 g/mol. The Morgan fingerprint density at radius 1 is 1.71 bits per heavy atom. The van der Waals surface area contributed by atoms with E-state index in [2.05, 4.69) is 20.8 Å². The molecule has 0 bridgehead atoms. The van der Waals surface area contributed by atoms with Gasteiger partial charge in [0.2, 0.25) is 11.0 Å². The van der Waals surface area contributed by atoms with E-state index in [0.717, 1.165) is 24.4 Å². The number of hydrogen-bond acceptors (Lipinski definition) is 5. The number of nitrogens with zero attached hydrogens (tertiary/aromatic N) is 2. The van der Waals surface area contributed by atoms with E-state index >= 15 is 0 Å². The Labute approximate surface area is 85.9 Å². The van der Waals surface area contributed by atoms with E-state index in [9.17, 15) is 4.79 Å². The highest BCUT2D eigenvalue weighted by Gasteiger charge is 2.25. The molecule has 1 aromatic rings. The summed E-state index contributed by atoms with van der Waals surface area (Å²) in [7, 11) is 0. The van der Waals surface area contributed by atoms with Crippen LogP contribution in [-0.2, 0) is 11.2 Å². The van der Waals surface area contributed by atoms with Crippen molar-refractivity contribution in [3.8, 4) is 0 Å². The van der Waals surface area contributed by atoms with E-state index in [1.54, 1.807) is 0 Å². The van der Waals surface area contributed by atoms with Crippen LogP contribution in [0.15, 0.2) is 0 Å². The van der Waals surface area contributed by atoms with Crippen molar-refractivity contribution in [3.05, 3.63) is 5.01 Å². The Morgan fingerprint density at radius 3 is 3.00 bits per heavy atom. The van der Waals surface area contributed by atoms with Crippen LogP contribution in [-0.4, -0.2) is 28.7 Å². The minimum absolute atomic E-state index is 0.00458. The van der Waals surface area contributed by atoms with Gasteiger partial charge in [-0.1, -0.05) is 18.3 Å². The summed E-state index contributed by atoms with van der Waals surface area (Å²) >= 11 is 1.43. The molecule has 1 aliphatic heterocycles. The molecular weight excluding hydrogens is 200 g/mol. The lowest BCUT2D eigenvalue weighted by molar-refractivity contribution is -0.119. The lowest BCUT2D eigenvalue weighted by atomic mass is 10.1. The summed E-state index contributed by atoms with van der Waals surface area (Å²) in [4.78, 5) is 11.5. The Hall–Kier alpha value is -1.01. The molecule has 0 radical (unpaired) electrons. The predicted octanol–water partition coefficient (Wildman–Crippen LogP) is 0.401. The smallest absolute Gasteiger partial charge is 0.243 e. The third-order valence-electron chi connectivity index (χ3n) is 2.14. The first-order valence-electron chi connectivity index (χ1n) is 4.66. The van der Waals surface area contributed by atoms with Crippen LogP contribution in [0.25, 0.3) is 0 Å². The number of carbonyl (C=O) groups is 1. The van der Waals surface area contributed by atoms with E-state index in [-0.39, 0.29) is 11.9 Å². The molecule has 0 saturated carbocycles. The van der Waals surface area contributed by atoms with Crippen molar-refractivity contribution in [1.29, 1.82) is 0 Å². The van der Waals surface area contributed by atoms with Crippen molar-refractivity contribution in [2.24, 2.45) is 0 Å². The zero-order valence-corrected chi connectivity index (χ0v) is 8.73. The number of rotatable bonds is 3. The summed E-state index contributed by atoms with van der Waals surface area (Å²) in [5, 5.41) is 15.1. The van der Waals surface area contributed by atoms with Gasteiger partial charge in [0.25, 0.3) is 0 Å². The van der Waals surface area contributed by atoms with E-state index in [4.69, 9.17) is 0 Å². The molecule has 76 valence electrons. The second-order valence-electron chi connectivity index (χ2n) is 3.14. The molecule has 0 aliphatic carbocycles. The van der Waals surface area contributed by atoms with Crippen molar-refractivity contribution in [2.45, 2.75) is 25.8 Å². The van der Waals surface area contributed by atoms with E-state index in [1.807, 2.05) is 6.92 Å². The molecule has 1 atom stereocenters. The minimum Gasteiger partial charge on any atom is -0.306 e. The molecular formula is C8H12N4OS. The summed E-state index contributed by atoms with van der Waals surface area (Å²) in [6.07, 6.45) is 1.76. The van der Waals surface area contributed by atoms with E-state index in [0.29, 0.717) is 5.13 Å². The first-order chi connectivity index (χ1) is 6.79. The molecule has 1 aromatic heterocycles. The summed E-state index contributed by atoms with van der Waals surface area (Å²) in [5.41, 5.74) is 0. The van der Waals surface area contributed by atoms with Gasteiger partial charge < -0.3 is 5.32 Å². The van der Waals surface area contributed by atoms with Crippen LogP contribution in [0.3, 0.4) is 0 Å². The molecule has 1 saturated heterocycles. The number of hydrogen-bond donors (Lipinski definition) is 2. The Balaban J connectivity index is 1.92. The van der Waals surface area contributed by atoms with Gasteiger partial charge in [-0.25, -0.2) is 0 Å². The lowest BCUT2D eigenvalue weighted by Crippen LogP contribution is -2.50. The largest absolute Gasteiger partial charge is 0.306 e. The first kappa shape index (κ1) is 9.54. The number of nitrogens with one attached hydrogen (secondary N) is 2. The second-order valence-corrected chi connectivity index (χ2v) is 4.20. The number of carbonyl (C=O) groups excluding carboxylic acids is 1. The van der Waals surface area contributed by atoms with Crippen LogP contribution in [0.4, 0.5) is 5.13 Å². The van der Waals surface area contributed by atoms with Crippen LogP contribution in [0.5, 0.6) is 0 Å². The number of anilines is 1. The van der Waals surface area contributed by atoms with Gasteiger partial charge in [-0.2, -0.15) is 0 Å². The van der Waals surface area contributed by atoms with Crippen LogP contribution < -0.4 is 10.6 Å². The molecule has 1 fully saturated rings. The molecule has 2 N–H and O–H groups in total. The molecule has 6 heteroatoms. The number of amides is 1. The number of aryl methyl sites for hydroxylation is 1.